The predicted octanol–water partition coefficient (Wildman–Crippen LogP) is 2.42. The van der Waals surface area contributed by atoms with Crippen molar-refractivity contribution >= 4 is 11.6 Å². The van der Waals surface area contributed by atoms with Crippen LogP contribution in [0.25, 0.3) is 0 Å². The van der Waals surface area contributed by atoms with Gasteiger partial charge < -0.3 is 15.5 Å². The predicted molar refractivity (Wildman–Crippen MR) is 90.1 cm³/mol. The average molecular weight is 315 g/mol. The number of hydrogen-bond donors (Lipinski definition) is 2. The van der Waals surface area contributed by atoms with Crippen LogP contribution in [0.2, 0.25) is 0 Å². The second kappa shape index (κ2) is 7.37. The molecule has 1 aromatic carbocycles. The summed E-state index contributed by atoms with van der Waals surface area (Å²) < 4.78 is 13.6. The van der Waals surface area contributed by atoms with Crippen LogP contribution in [-0.2, 0) is 6.54 Å². The van der Waals surface area contributed by atoms with Crippen LogP contribution >= 0.6 is 0 Å². The fourth-order valence-electron chi connectivity index (χ4n) is 3.01. The van der Waals surface area contributed by atoms with E-state index in [1.54, 1.807) is 12.4 Å². The zero-order valence-electron chi connectivity index (χ0n) is 13.3. The topological polar surface area (TPSA) is 53.1 Å². The Labute approximate surface area is 136 Å². The Kier molecular flexibility index (Phi) is 5.02. The molecule has 6 heteroatoms. The average Bonchev–Trinajstić information content (AvgIpc) is 3.05. The molecule has 122 valence electrons. The summed E-state index contributed by atoms with van der Waals surface area (Å²) in [6.45, 7) is 2.35. The Morgan fingerprint density at radius 3 is 3.00 bits per heavy atom. The third-order valence-electron chi connectivity index (χ3n) is 4.23. The number of nitrogens with zero attached hydrogens (tertiary/aromatic N) is 3. The summed E-state index contributed by atoms with van der Waals surface area (Å²) in [7, 11) is 1.85. The molecule has 0 bridgehead atoms. The van der Waals surface area contributed by atoms with E-state index in [0.29, 0.717) is 18.2 Å². The van der Waals surface area contributed by atoms with Crippen molar-refractivity contribution in [2.24, 2.45) is 0 Å². The summed E-state index contributed by atoms with van der Waals surface area (Å²) in [5, 5.41) is 6.41. The Morgan fingerprint density at radius 2 is 2.17 bits per heavy atom. The lowest BCUT2D eigenvalue weighted by Crippen LogP contribution is -2.38. The molecular formula is C17H22FN5. The first-order chi connectivity index (χ1) is 11.3. The maximum absolute atomic E-state index is 13.6. The van der Waals surface area contributed by atoms with Gasteiger partial charge in [-0.05, 0) is 18.9 Å². The molecule has 1 aliphatic rings. The van der Waals surface area contributed by atoms with Crippen molar-refractivity contribution in [3.63, 3.8) is 0 Å². The Bertz CT molecular complexity index is 648. The van der Waals surface area contributed by atoms with Crippen molar-refractivity contribution in [2.45, 2.75) is 25.4 Å². The highest BCUT2D eigenvalue weighted by atomic mass is 19.1. The van der Waals surface area contributed by atoms with Crippen LogP contribution in [0.4, 0.5) is 16.0 Å². The van der Waals surface area contributed by atoms with Gasteiger partial charge >= 0.3 is 0 Å². The second-order valence-electron chi connectivity index (χ2n) is 5.72. The van der Waals surface area contributed by atoms with E-state index in [1.165, 1.54) is 6.07 Å². The molecule has 1 fully saturated rings. The highest BCUT2D eigenvalue weighted by Crippen LogP contribution is 2.24. The van der Waals surface area contributed by atoms with E-state index in [4.69, 9.17) is 0 Å². The van der Waals surface area contributed by atoms with Gasteiger partial charge in [0.15, 0.2) is 0 Å². The molecule has 1 unspecified atom stereocenters. The van der Waals surface area contributed by atoms with E-state index < -0.39 is 0 Å². The lowest BCUT2D eigenvalue weighted by atomic mass is 10.2. The van der Waals surface area contributed by atoms with Crippen molar-refractivity contribution in [3.05, 3.63) is 48.0 Å². The smallest absolute Gasteiger partial charge is 0.134 e. The first-order valence-corrected chi connectivity index (χ1v) is 7.98. The van der Waals surface area contributed by atoms with Gasteiger partial charge in [0, 0.05) is 44.4 Å². The molecule has 0 amide bonds. The zero-order chi connectivity index (χ0) is 16.1. The van der Waals surface area contributed by atoms with E-state index in [2.05, 4.69) is 25.5 Å². The lowest BCUT2D eigenvalue weighted by Gasteiger charge is -2.26. The van der Waals surface area contributed by atoms with E-state index in [9.17, 15) is 4.39 Å². The molecule has 23 heavy (non-hydrogen) atoms. The number of hydrogen-bond acceptors (Lipinski definition) is 5. The van der Waals surface area contributed by atoms with Crippen molar-refractivity contribution in [3.8, 4) is 0 Å². The van der Waals surface area contributed by atoms with Crippen molar-refractivity contribution in [1.29, 1.82) is 0 Å². The van der Waals surface area contributed by atoms with Crippen molar-refractivity contribution in [1.82, 2.24) is 15.3 Å². The van der Waals surface area contributed by atoms with Crippen LogP contribution in [0.15, 0.2) is 36.7 Å². The number of rotatable bonds is 6. The van der Waals surface area contributed by atoms with E-state index in [-0.39, 0.29) is 5.82 Å². The molecule has 1 saturated heterocycles. The summed E-state index contributed by atoms with van der Waals surface area (Å²) in [6, 6.07) is 9.24. The molecule has 2 N–H and O–H groups in total. The van der Waals surface area contributed by atoms with Gasteiger partial charge in [0.25, 0.3) is 0 Å². The molecule has 5 nitrogen and oxygen atoms in total. The molecule has 0 spiro atoms. The fraction of sp³-hybridized carbons (Fsp3) is 0.412. The Morgan fingerprint density at radius 1 is 1.30 bits per heavy atom. The second-order valence-corrected chi connectivity index (χ2v) is 5.72. The van der Waals surface area contributed by atoms with Gasteiger partial charge in [-0.2, -0.15) is 0 Å². The summed E-state index contributed by atoms with van der Waals surface area (Å²) in [6.07, 6.45) is 3.84. The van der Waals surface area contributed by atoms with E-state index >= 15 is 0 Å². The first kappa shape index (κ1) is 15.7. The molecule has 0 saturated carbocycles. The van der Waals surface area contributed by atoms with Gasteiger partial charge in [-0.1, -0.05) is 18.2 Å². The first-order valence-electron chi connectivity index (χ1n) is 7.98. The minimum atomic E-state index is -0.155. The maximum atomic E-state index is 13.6. The molecular weight excluding hydrogens is 293 g/mol. The number of aromatic nitrogens is 2. The quantitative estimate of drug-likeness (QED) is 0.857. The van der Waals surface area contributed by atoms with Gasteiger partial charge in [-0.3, -0.25) is 0 Å². The van der Waals surface area contributed by atoms with Gasteiger partial charge in [0.05, 0.1) is 0 Å². The van der Waals surface area contributed by atoms with Crippen molar-refractivity contribution in [2.75, 3.05) is 30.4 Å². The van der Waals surface area contributed by atoms with Gasteiger partial charge in [0.1, 0.15) is 23.8 Å². The molecule has 3 rings (SSSR count). The normalized spacial score (nSPS) is 17.5. The van der Waals surface area contributed by atoms with Crippen LogP contribution in [0.5, 0.6) is 0 Å². The van der Waals surface area contributed by atoms with E-state index in [1.807, 2.05) is 25.2 Å². The summed E-state index contributed by atoms with van der Waals surface area (Å²) in [5.74, 6) is 1.61. The monoisotopic (exact) mass is 315 g/mol. The fourth-order valence-corrected chi connectivity index (χ4v) is 3.01. The minimum Gasteiger partial charge on any atom is -0.373 e. The van der Waals surface area contributed by atoms with Gasteiger partial charge in [0.2, 0.25) is 0 Å². The highest BCUT2D eigenvalue weighted by molar-refractivity contribution is 5.49. The summed E-state index contributed by atoms with van der Waals surface area (Å²) >= 11 is 0. The molecule has 0 aliphatic carbocycles. The summed E-state index contributed by atoms with van der Waals surface area (Å²) in [4.78, 5) is 10.8. The number of anilines is 2. The maximum Gasteiger partial charge on any atom is 0.134 e. The largest absolute Gasteiger partial charge is 0.373 e. The number of nitrogens with one attached hydrogen (secondary N) is 2. The molecule has 1 aromatic heterocycles. The number of benzene rings is 1. The standard InChI is InChI=1S/C17H22FN5/c1-19-16-9-17(22-12-21-16)23-8-4-6-14(23)11-20-10-13-5-2-3-7-15(13)18/h2-3,5,7,9,12,14,20H,4,6,8,10-11H2,1H3,(H,19,21,22). The molecule has 2 heterocycles. The van der Waals surface area contributed by atoms with Gasteiger partial charge in [-0.15, -0.1) is 0 Å². The summed E-state index contributed by atoms with van der Waals surface area (Å²) in [5.41, 5.74) is 0.705. The van der Waals surface area contributed by atoms with Crippen LogP contribution in [0.1, 0.15) is 18.4 Å². The molecule has 2 aromatic rings. The SMILES string of the molecule is CNc1cc(N2CCCC2CNCc2ccccc2F)ncn1. The number of halogens is 1. The molecule has 1 aliphatic heterocycles. The third kappa shape index (κ3) is 3.76. The Balaban J connectivity index is 1.60. The third-order valence-corrected chi connectivity index (χ3v) is 4.23. The minimum absolute atomic E-state index is 0.155. The molecule has 0 radical (unpaired) electrons. The molecule has 1 atom stereocenters. The zero-order valence-corrected chi connectivity index (χ0v) is 13.3. The Hall–Kier alpha value is -2.21. The highest BCUT2D eigenvalue weighted by Gasteiger charge is 2.25. The van der Waals surface area contributed by atoms with Gasteiger partial charge in [-0.25, -0.2) is 14.4 Å². The van der Waals surface area contributed by atoms with E-state index in [0.717, 1.165) is 37.6 Å². The van der Waals surface area contributed by atoms with Crippen LogP contribution < -0.4 is 15.5 Å². The van der Waals surface area contributed by atoms with Crippen LogP contribution in [0.3, 0.4) is 0 Å². The van der Waals surface area contributed by atoms with Crippen molar-refractivity contribution < 1.29 is 4.39 Å². The van der Waals surface area contributed by atoms with Crippen LogP contribution in [0, 0.1) is 5.82 Å². The lowest BCUT2D eigenvalue weighted by molar-refractivity contribution is 0.549. The van der Waals surface area contributed by atoms with Crippen LogP contribution in [-0.4, -0.2) is 36.1 Å².